The molecule has 0 aromatic heterocycles. The van der Waals surface area contributed by atoms with Crippen LogP contribution in [-0.2, 0) is 11.2 Å². The number of benzene rings is 1. The summed E-state index contributed by atoms with van der Waals surface area (Å²) in [5.74, 6) is -5.21. The third-order valence-electron chi connectivity index (χ3n) is 2.23. The van der Waals surface area contributed by atoms with Gasteiger partial charge in [-0.2, -0.15) is 0 Å². The van der Waals surface area contributed by atoms with Gasteiger partial charge in [-0.1, -0.05) is 19.8 Å². The van der Waals surface area contributed by atoms with Crippen molar-refractivity contribution in [2.24, 2.45) is 0 Å². The predicted octanol–water partition coefficient (Wildman–Crippen LogP) is 4.75. The molecule has 0 N–H and O–H groups in total. The van der Waals surface area contributed by atoms with Crippen molar-refractivity contribution in [2.45, 2.75) is 39.5 Å². The van der Waals surface area contributed by atoms with Crippen molar-refractivity contribution in [3.63, 3.8) is 0 Å². The molecule has 0 amide bonds. The summed E-state index contributed by atoms with van der Waals surface area (Å²) < 4.78 is 51.7. The highest BCUT2D eigenvalue weighted by molar-refractivity contribution is 6.62. The lowest BCUT2D eigenvalue weighted by Crippen LogP contribution is -2.02. The molecule has 6 heteroatoms. The molecule has 108 valence electrons. The van der Waals surface area contributed by atoms with Gasteiger partial charge in [0, 0.05) is 18.6 Å². The van der Waals surface area contributed by atoms with E-state index in [9.17, 15) is 22.4 Å². The molecule has 0 saturated carbocycles. The first-order valence-electron chi connectivity index (χ1n) is 5.79. The van der Waals surface area contributed by atoms with Crippen LogP contribution in [0.25, 0.3) is 0 Å². The van der Waals surface area contributed by atoms with Crippen molar-refractivity contribution in [2.75, 3.05) is 0 Å². The molecule has 0 aliphatic rings. The Morgan fingerprint density at radius 3 is 1.89 bits per heavy atom. The van der Waals surface area contributed by atoms with Crippen molar-refractivity contribution >= 4 is 16.8 Å². The highest BCUT2D eigenvalue weighted by Gasteiger charge is 2.18. The number of carbonyl (C=O) groups excluding carboxylic acids is 1. The van der Waals surface area contributed by atoms with Crippen LogP contribution >= 0.6 is 11.6 Å². The Labute approximate surface area is 114 Å². The molecule has 19 heavy (non-hydrogen) atoms. The number of hydrogen-bond acceptors (Lipinski definition) is 1. The zero-order chi connectivity index (χ0) is 15.0. The molecule has 0 aliphatic heterocycles. The minimum Gasteiger partial charge on any atom is -0.282 e. The van der Waals surface area contributed by atoms with Crippen molar-refractivity contribution in [3.05, 3.63) is 34.9 Å². The van der Waals surface area contributed by atoms with Gasteiger partial charge in [0.25, 0.3) is 0 Å². The van der Waals surface area contributed by atoms with Gasteiger partial charge in [-0.05, 0) is 24.4 Å². The first kappa shape index (κ1) is 17.9. The Bertz CT molecular complexity index is 405. The summed E-state index contributed by atoms with van der Waals surface area (Å²) >= 11 is 4.64. The van der Waals surface area contributed by atoms with E-state index in [0.29, 0.717) is 6.42 Å². The van der Waals surface area contributed by atoms with E-state index in [0.717, 1.165) is 12.8 Å². The van der Waals surface area contributed by atoms with Crippen LogP contribution in [0.2, 0.25) is 0 Å². The quantitative estimate of drug-likeness (QED) is 0.339. The second kappa shape index (κ2) is 8.91. The predicted molar refractivity (Wildman–Crippen MR) is 66.0 cm³/mol. The van der Waals surface area contributed by atoms with Crippen LogP contribution in [0.15, 0.2) is 6.07 Å². The van der Waals surface area contributed by atoms with E-state index >= 15 is 0 Å². The average molecular weight is 299 g/mol. The molecule has 0 aliphatic carbocycles. The van der Waals surface area contributed by atoms with E-state index in [1.54, 1.807) is 0 Å². The zero-order valence-corrected chi connectivity index (χ0v) is 11.5. The summed E-state index contributed by atoms with van der Waals surface area (Å²) in [6.45, 7) is 3.22. The van der Waals surface area contributed by atoms with Crippen molar-refractivity contribution in [3.8, 4) is 0 Å². The van der Waals surface area contributed by atoms with E-state index < -0.39 is 28.8 Å². The SMILES string of the molecule is CC(=O)Cl.CCCCCc1c(F)c(F)cc(F)c1F. The fourth-order valence-electron chi connectivity index (χ4n) is 1.39. The number of rotatable bonds is 4. The molecule has 1 aromatic carbocycles. The summed E-state index contributed by atoms with van der Waals surface area (Å²) in [6.07, 6.45) is 2.20. The largest absolute Gasteiger partial charge is 0.282 e. The van der Waals surface area contributed by atoms with Crippen LogP contribution in [0.1, 0.15) is 38.7 Å². The fourth-order valence-corrected chi connectivity index (χ4v) is 1.39. The molecule has 1 aromatic rings. The molecule has 0 atom stereocenters. The van der Waals surface area contributed by atoms with E-state index in [4.69, 9.17) is 0 Å². The Balaban J connectivity index is 0.000000711. The molecule has 0 spiro atoms. The molecule has 0 unspecified atom stereocenters. The monoisotopic (exact) mass is 298 g/mol. The lowest BCUT2D eigenvalue weighted by Gasteiger charge is -2.06. The maximum atomic E-state index is 13.1. The van der Waals surface area contributed by atoms with Crippen LogP contribution in [0.3, 0.4) is 0 Å². The molecule has 0 bridgehead atoms. The third-order valence-corrected chi connectivity index (χ3v) is 2.23. The van der Waals surface area contributed by atoms with E-state index in [-0.39, 0.29) is 17.7 Å². The van der Waals surface area contributed by atoms with Gasteiger partial charge in [0.15, 0.2) is 23.3 Å². The number of hydrogen-bond donors (Lipinski definition) is 0. The summed E-state index contributed by atoms with van der Waals surface area (Å²) in [5, 5.41) is -0.361. The van der Waals surface area contributed by atoms with Gasteiger partial charge in [-0.15, -0.1) is 0 Å². The molecular formula is C13H15ClF4O. The Kier molecular flexibility index (Phi) is 8.39. The molecule has 1 nitrogen and oxygen atoms in total. The maximum Gasteiger partial charge on any atom is 0.218 e. The topological polar surface area (TPSA) is 17.1 Å². The first-order chi connectivity index (χ1) is 8.81. The van der Waals surface area contributed by atoms with E-state index in [1.807, 2.05) is 6.92 Å². The van der Waals surface area contributed by atoms with Crippen LogP contribution in [-0.4, -0.2) is 5.24 Å². The molecule has 0 radical (unpaired) electrons. The number of halogens is 5. The Hall–Kier alpha value is -1.10. The minimum absolute atomic E-state index is 0.0280. The standard InChI is InChI=1S/C11H12F4.C2H3ClO/c1-2-3-4-5-7-10(14)8(12)6-9(13)11(7)15;1-2(3)4/h6H,2-5H2,1H3;1H3. The second-order valence-electron chi connectivity index (χ2n) is 3.87. The van der Waals surface area contributed by atoms with Crippen molar-refractivity contribution < 1.29 is 22.4 Å². The Morgan fingerprint density at radius 2 is 1.53 bits per heavy atom. The van der Waals surface area contributed by atoms with Gasteiger partial charge < -0.3 is 0 Å². The lowest BCUT2D eigenvalue weighted by atomic mass is 10.1. The van der Waals surface area contributed by atoms with E-state index in [1.165, 1.54) is 6.92 Å². The third kappa shape index (κ3) is 6.57. The highest BCUT2D eigenvalue weighted by atomic mass is 35.5. The smallest absolute Gasteiger partial charge is 0.218 e. The lowest BCUT2D eigenvalue weighted by molar-refractivity contribution is -0.109. The van der Waals surface area contributed by atoms with Gasteiger partial charge in [0.05, 0.1) is 0 Å². The number of carbonyl (C=O) groups is 1. The van der Waals surface area contributed by atoms with Gasteiger partial charge >= 0.3 is 0 Å². The van der Waals surface area contributed by atoms with Crippen molar-refractivity contribution in [1.29, 1.82) is 0 Å². The van der Waals surface area contributed by atoms with Crippen LogP contribution in [0.5, 0.6) is 0 Å². The molecule has 0 heterocycles. The number of unbranched alkanes of at least 4 members (excludes halogenated alkanes) is 2. The molecule has 0 saturated heterocycles. The molecular weight excluding hydrogens is 284 g/mol. The molecule has 1 rings (SSSR count). The molecule has 0 fully saturated rings. The van der Waals surface area contributed by atoms with Crippen LogP contribution < -0.4 is 0 Å². The summed E-state index contributed by atoms with van der Waals surface area (Å²) in [6, 6.07) is 0.230. The Morgan fingerprint density at radius 1 is 1.11 bits per heavy atom. The summed E-state index contributed by atoms with van der Waals surface area (Å²) in [4.78, 5) is 9.21. The summed E-state index contributed by atoms with van der Waals surface area (Å²) in [5.41, 5.74) is -0.485. The highest BCUT2D eigenvalue weighted by Crippen LogP contribution is 2.21. The maximum absolute atomic E-state index is 13.1. The van der Waals surface area contributed by atoms with Gasteiger partial charge in [0.2, 0.25) is 5.24 Å². The van der Waals surface area contributed by atoms with Gasteiger partial charge in [-0.25, -0.2) is 17.6 Å². The van der Waals surface area contributed by atoms with Crippen LogP contribution in [0, 0.1) is 23.3 Å². The van der Waals surface area contributed by atoms with Gasteiger partial charge in [-0.3, -0.25) is 4.79 Å². The van der Waals surface area contributed by atoms with E-state index in [2.05, 4.69) is 11.6 Å². The summed E-state index contributed by atoms with van der Waals surface area (Å²) in [7, 11) is 0. The zero-order valence-electron chi connectivity index (χ0n) is 10.7. The van der Waals surface area contributed by atoms with Crippen molar-refractivity contribution in [1.82, 2.24) is 0 Å². The average Bonchev–Trinajstić information content (AvgIpc) is 2.30. The fraction of sp³-hybridized carbons (Fsp3) is 0.462. The second-order valence-corrected chi connectivity index (χ2v) is 4.41. The first-order valence-corrected chi connectivity index (χ1v) is 6.17. The van der Waals surface area contributed by atoms with Crippen LogP contribution in [0.4, 0.5) is 17.6 Å². The normalized spacial score (nSPS) is 9.84. The van der Waals surface area contributed by atoms with Gasteiger partial charge in [0.1, 0.15) is 0 Å². The minimum atomic E-state index is -1.33.